The van der Waals surface area contributed by atoms with Gasteiger partial charge in [0.25, 0.3) is 5.91 Å². The lowest BCUT2D eigenvalue weighted by Crippen LogP contribution is -2.48. The molecule has 2 aromatic rings. The van der Waals surface area contributed by atoms with Crippen LogP contribution in [-0.4, -0.2) is 56.6 Å². The number of benzene rings is 1. The lowest BCUT2D eigenvalue weighted by atomic mass is 10.1. The quantitative estimate of drug-likeness (QED) is 0.604. The number of nitro groups is 1. The molecule has 0 spiro atoms. The zero-order valence-corrected chi connectivity index (χ0v) is 15.1. The minimum Gasteiger partial charge on any atom is -0.335 e. The maximum absolute atomic E-state index is 12.8. The number of carbonyl (C=O) groups is 1. The second-order valence-electron chi connectivity index (χ2n) is 6.51. The normalized spacial score (nSPS) is 15.2. The molecule has 1 aromatic carbocycles. The van der Waals surface area contributed by atoms with Crippen LogP contribution in [0, 0.1) is 17.0 Å². The molecule has 0 unspecified atom stereocenters. The third-order valence-corrected chi connectivity index (χ3v) is 4.67. The topological polar surface area (TPSA) is 84.5 Å². The maximum atomic E-state index is 12.8. The summed E-state index contributed by atoms with van der Waals surface area (Å²) >= 11 is 0. The van der Waals surface area contributed by atoms with Gasteiger partial charge in [0.05, 0.1) is 4.92 Å². The number of hydrogen-bond acceptors (Lipinski definition) is 5. The zero-order chi connectivity index (χ0) is 18.7. The Morgan fingerprint density at radius 3 is 2.62 bits per heavy atom. The van der Waals surface area contributed by atoms with Gasteiger partial charge in [-0.1, -0.05) is 29.8 Å². The molecule has 0 N–H and O–H groups in total. The van der Waals surface area contributed by atoms with E-state index in [1.54, 1.807) is 4.90 Å². The summed E-state index contributed by atoms with van der Waals surface area (Å²) in [6.07, 6.45) is 1.16. The molecule has 8 heteroatoms. The van der Waals surface area contributed by atoms with Gasteiger partial charge in [0.15, 0.2) is 0 Å². The van der Waals surface area contributed by atoms with Crippen molar-refractivity contribution in [3.05, 3.63) is 57.4 Å². The van der Waals surface area contributed by atoms with E-state index < -0.39 is 4.92 Å². The number of rotatable bonds is 5. The van der Waals surface area contributed by atoms with Gasteiger partial charge in [0.1, 0.15) is 6.20 Å². The van der Waals surface area contributed by atoms with E-state index in [9.17, 15) is 14.9 Å². The number of hydrogen-bond donors (Lipinski definition) is 0. The molecule has 0 saturated carbocycles. The van der Waals surface area contributed by atoms with Gasteiger partial charge < -0.3 is 4.90 Å². The largest absolute Gasteiger partial charge is 0.335 e. The Morgan fingerprint density at radius 1 is 1.27 bits per heavy atom. The molecule has 1 fully saturated rings. The van der Waals surface area contributed by atoms with Crippen LogP contribution in [-0.2, 0) is 13.1 Å². The van der Waals surface area contributed by atoms with E-state index in [4.69, 9.17) is 0 Å². The summed E-state index contributed by atoms with van der Waals surface area (Å²) in [5, 5.41) is 15.2. The van der Waals surface area contributed by atoms with Crippen molar-refractivity contribution in [1.82, 2.24) is 19.6 Å². The summed E-state index contributed by atoms with van der Waals surface area (Å²) in [5.41, 5.74) is 2.34. The monoisotopic (exact) mass is 357 g/mol. The van der Waals surface area contributed by atoms with Crippen molar-refractivity contribution in [2.75, 3.05) is 26.2 Å². The van der Waals surface area contributed by atoms with Crippen LogP contribution < -0.4 is 0 Å². The number of piperazine rings is 1. The van der Waals surface area contributed by atoms with Crippen LogP contribution in [0.5, 0.6) is 0 Å². The second kappa shape index (κ2) is 7.65. The summed E-state index contributed by atoms with van der Waals surface area (Å²) in [6, 6.07) is 8.40. The summed E-state index contributed by atoms with van der Waals surface area (Å²) in [5.74, 6) is -0.314. The Hall–Kier alpha value is -2.74. The third-order valence-electron chi connectivity index (χ3n) is 4.67. The van der Waals surface area contributed by atoms with Crippen molar-refractivity contribution >= 4 is 11.6 Å². The lowest BCUT2D eigenvalue weighted by molar-refractivity contribution is -0.385. The number of aromatic nitrogens is 2. The fourth-order valence-electron chi connectivity index (χ4n) is 3.30. The number of aryl methyl sites for hydroxylation is 2. The molecule has 1 aliphatic heterocycles. The predicted octanol–water partition coefficient (Wildman–Crippen LogP) is 2.08. The Morgan fingerprint density at radius 2 is 2.00 bits per heavy atom. The molecule has 0 atom stereocenters. The van der Waals surface area contributed by atoms with Gasteiger partial charge in [-0.3, -0.25) is 24.5 Å². The smallest absolute Gasteiger partial charge is 0.320 e. The van der Waals surface area contributed by atoms with Crippen LogP contribution >= 0.6 is 0 Å². The molecule has 0 radical (unpaired) electrons. The predicted molar refractivity (Wildman–Crippen MR) is 96.9 cm³/mol. The van der Waals surface area contributed by atoms with Gasteiger partial charge in [0, 0.05) is 39.3 Å². The summed E-state index contributed by atoms with van der Waals surface area (Å²) in [4.78, 5) is 27.4. The molecule has 26 heavy (non-hydrogen) atoms. The fourth-order valence-corrected chi connectivity index (χ4v) is 3.30. The molecule has 1 aliphatic rings. The second-order valence-corrected chi connectivity index (χ2v) is 6.51. The van der Waals surface area contributed by atoms with E-state index in [0.29, 0.717) is 19.6 Å². The first-order valence-electron chi connectivity index (χ1n) is 8.77. The lowest BCUT2D eigenvalue weighted by Gasteiger charge is -2.34. The molecular weight excluding hydrogens is 334 g/mol. The highest BCUT2D eigenvalue weighted by atomic mass is 16.6. The Bertz CT molecular complexity index is 809. The van der Waals surface area contributed by atoms with Crippen LogP contribution in [0.3, 0.4) is 0 Å². The number of nitrogens with zero attached hydrogens (tertiary/aromatic N) is 5. The average Bonchev–Trinajstić information content (AvgIpc) is 3.06. The van der Waals surface area contributed by atoms with E-state index in [1.165, 1.54) is 15.8 Å². The zero-order valence-electron chi connectivity index (χ0n) is 15.1. The SMILES string of the molecule is CCn1ncc([N+](=O)[O-])c1C(=O)N1CCN(Cc2cccc(C)c2)CC1. The van der Waals surface area contributed by atoms with Gasteiger partial charge >= 0.3 is 5.69 Å². The summed E-state index contributed by atoms with van der Waals surface area (Å²) in [6.45, 7) is 7.74. The van der Waals surface area contributed by atoms with Crippen LogP contribution in [0.4, 0.5) is 5.69 Å². The minimum absolute atomic E-state index is 0.0737. The van der Waals surface area contributed by atoms with E-state index >= 15 is 0 Å². The first-order valence-corrected chi connectivity index (χ1v) is 8.77. The van der Waals surface area contributed by atoms with Crippen molar-refractivity contribution in [2.24, 2.45) is 0 Å². The Balaban J connectivity index is 1.66. The van der Waals surface area contributed by atoms with E-state index in [0.717, 1.165) is 25.8 Å². The summed E-state index contributed by atoms with van der Waals surface area (Å²) < 4.78 is 1.40. The van der Waals surface area contributed by atoms with Crippen LogP contribution in [0.1, 0.15) is 28.5 Å². The van der Waals surface area contributed by atoms with Gasteiger partial charge in [-0.25, -0.2) is 0 Å². The molecule has 0 aliphatic carbocycles. The molecular formula is C18H23N5O3. The molecule has 1 aromatic heterocycles. The highest BCUT2D eigenvalue weighted by Crippen LogP contribution is 2.21. The standard InChI is InChI=1S/C18H23N5O3/c1-3-22-17(16(12-19-22)23(25)26)18(24)21-9-7-20(8-10-21)13-15-6-4-5-14(2)11-15/h4-6,11-12H,3,7-10,13H2,1-2H3. The average molecular weight is 357 g/mol. The third kappa shape index (κ3) is 3.75. The van der Waals surface area contributed by atoms with E-state index in [1.807, 2.05) is 6.92 Å². The van der Waals surface area contributed by atoms with E-state index in [-0.39, 0.29) is 17.3 Å². The van der Waals surface area contributed by atoms with Crippen molar-refractivity contribution in [1.29, 1.82) is 0 Å². The molecule has 1 saturated heterocycles. The first-order chi connectivity index (χ1) is 12.5. The van der Waals surface area contributed by atoms with E-state index in [2.05, 4.69) is 41.2 Å². The first kappa shape index (κ1) is 18.1. The van der Waals surface area contributed by atoms with Crippen molar-refractivity contribution in [3.63, 3.8) is 0 Å². The molecule has 8 nitrogen and oxygen atoms in total. The van der Waals surface area contributed by atoms with Gasteiger partial charge in [-0.2, -0.15) is 5.10 Å². The van der Waals surface area contributed by atoms with Crippen LogP contribution in [0.25, 0.3) is 0 Å². The maximum Gasteiger partial charge on any atom is 0.320 e. The van der Waals surface area contributed by atoms with Crippen molar-refractivity contribution in [3.8, 4) is 0 Å². The molecule has 2 heterocycles. The van der Waals surface area contributed by atoms with Gasteiger partial charge in [0.2, 0.25) is 5.69 Å². The molecule has 3 rings (SSSR count). The molecule has 0 bridgehead atoms. The minimum atomic E-state index is -0.541. The van der Waals surface area contributed by atoms with Crippen molar-refractivity contribution in [2.45, 2.75) is 26.9 Å². The molecule has 138 valence electrons. The Labute approximate surface area is 152 Å². The van der Waals surface area contributed by atoms with Crippen molar-refractivity contribution < 1.29 is 9.72 Å². The van der Waals surface area contributed by atoms with Crippen LogP contribution in [0.2, 0.25) is 0 Å². The molecule has 1 amide bonds. The van der Waals surface area contributed by atoms with Crippen LogP contribution in [0.15, 0.2) is 30.5 Å². The Kier molecular flexibility index (Phi) is 5.32. The fraction of sp³-hybridized carbons (Fsp3) is 0.444. The highest BCUT2D eigenvalue weighted by Gasteiger charge is 2.31. The number of amides is 1. The number of carbonyl (C=O) groups excluding carboxylic acids is 1. The highest BCUT2D eigenvalue weighted by molar-refractivity contribution is 5.96. The van der Waals surface area contributed by atoms with Gasteiger partial charge in [-0.05, 0) is 19.4 Å². The van der Waals surface area contributed by atoms with Gasteiger partial charge in [-0.15, -0.1) is 0 Å². The summed E-state index contributed by atoms with van der Waals surface area (Å²) in [7, 11) is 0.